The van der Waals surface area contributed by atoms with Crippen molar-refractivity contribution < 1.29 is 9.47 Å². The van der Waals surface area contributed by atoms with Crippen LogP contribution >= 0.6 is 15.9 Å². The molecular weight excluding hydrogens is 322 g/mol. The van der Waals surface area contributed by atoms with Crippen LogP contribution < -0.4 is 15.2 Å². The van der Waals surface area contributed by atoms with Crippen molar-refractivity contribution in [2.24, 2.45) is 10.7 Å². The van der Waals surface area contributed by atoms with Gasteiger partial charge < -0.3 is 20.1 Å². The SMILES string of the molecule is COc1cc(Br)c(C2CN=C(N)N2C2CC2)cc1OC. The molecule has 20 heavy (non-hydrogen) atoms. The first-order chi connectivity index (χ1) is 9.65. The first-order valence-electron chi connectivity index (χ1n) is 6.65. The van der Waals surface area contributed by atoms with Crippen LogP contribution in [-0.2, 0) is 0 Å². The molecule has 1 fully saturated rings. The Bertz CT molecular complexity index is 558. The van der Waals surface area contributed by atoms with Crippen LogP contribution in [0, 0.1) is 0 Å². The van der Waals surface area contributed by atoms with E-state index in [9.17, 15) is 0 Å². The molecule has 0 radical (unpaired) electrons. The summed E-state index contributed by atoms with van der Waals surface area (Å²) >= 11 is 3.62. The summed E-state index contributed by atoms with van der Waals surface area (Å²) in [5.74, 6) is 2.10. The Labute approximate surface area is 126 Å². The highest BCUT2D eigenvalue weighted by molar-refractivity contribution is 9.10. The molecule has 5 nitrogen and oxygen atoms in total. The summed E-state index contributed by atoms with van der Waals surface area (Å²) in [6.45, 7) is 0.691. The number of guanidine groups is 1. The Kier molecular flexibility index (Phi) is 3.50. The number of methoxy groups -OCH3 is 2. The van der Waals surface area contributed by atoms with E-state index in [-0.39, 0.29) is 6.04 Å². The van der Waals surface area contributed by atoms with Crippen LogP contribution in [0.25, 0.3) is 0 Å². The zero-order valence-corrected chi connectivity index (χ0v) is 13.2. The molecule has 1 heterocycles. The van der Waals surface area contributed by atoms with E-state index in [0.717, 1.165) is 15.8 Å². The van der Waals surface area contributed by atoms with Crippen molar-refractivity contribution in [2.45, 2.75) is 24.9 Å². The minimum absolute atomic E-state index is 0.177. The zero-order valence-electron chi connectivity index (χ0n) is 11.6. The Morgan fingerprint density at radius 1 is 1.25 bits per heavy atom. The Morgan fingerprint density at radius 3 is 2.50 bits per heavy atom. The van der Waals surface area contributed by atoms with Gasteiger partial charge in [0.25, 0.3) is 0 Å². The van der Waals surface area contributed by atoms with E-state index < -0.39 is 0 Å². The lowest BCUT2D eigenvalue weighted by atomic mass is 10.1. The van der Waals surface area contributed by atoms with E-state index in [2.05, 4.69) is 25.8 Å². The Hall–Kier alpha value is -1.43. The fourth-order valence-electron chi connectivity index (χ4n) is 2.68. The topological polar surface area (TPSA) is 60.1 Å². The molecule has 0 amide bonds. The maximum Gasteiger partial charge on any atom is 0.192 e. The van der Waals surface area contributed by atoms with Gasteiger partial charge in [0.2, 0.25) is 0 Å². The zero-order chi connectivity index (χ0) is 14.3. The second-order valence-electron chi connectivity index (χ2n) is 5.08. The summed E-state index contributed by atoms with van der Waals surface area (Å²) in [5, 5.41) is 0. The van der Waals surface area contributed by atoms with Gasteiger partial charge in [0.05, 0.1) is 26.8 Å². The maximum atomic E-state index is 6.03. The van der Waals surface area contributed by atoms with Crippen molar-refractivity contribution in [2.75, 3.05) is 20.8 Å². The van der Waals surface area contributed by atoms with Gasteiger partial charge in [0.1, 0.15) is 0 Å². The smallest absolute Gasteiger partial charge is 0.192 e. The molecule has 1 unspecified atom stereocenters. The molecule has 2 aliphatic rings. The number of benzene rings is 1. The highest BCUT2D eigenvalue weighted by atomic mass is 79.9. The molecule has 6 heteroatoms. The van der Waals surface area contributed by atoms with E-state index in [1.54, 1.807) is 14.2 Å². The van der Waals surface area contributed by atoms with Crippen LogP contribution in [0.15, 0.2) is 21.6 Å². The number of hydrogen-bond donors (Lipinski definition) is 1. The molecule has 1 aromatic rings. The van der Waals surface area contributed by atoms with Crippen molar-refractivity contribution in [1.82, 2.24) is 4.90 Å². The van der Waals surface area contributed by atoms with Crippen molar-refractivity contribution in [3.8, 4) is 11.5 Å². The summed E-state index contributed by atoms with van der Waals surface area (Å²) in [5.41, 5.74) is 7.17. The van der Waals surface area contributed by atoms with Crippen LogP contribution in [0.4, 0.5) is 0 Å². The lowest BCUT2D eigenvalue weighted by Gasteiger charge is -2.27. The number of hydrogen-bond acceptors (Lipinski definition) is 5. The van der Waals surface area contributed by atoms with Gasteiger partial charge in [0, 0.05) is 10.5 Å². The van der Waals surface area contributed by atoms with Crippen molar-refractivity contribution in [1.29, 1.82) is 0 Å². The minimum Gasteiger partial charge on any atom is -0.493 e. The number of rotatable bonds is 4. The van der Waals surface area contributed by atoms with Crippen molar-refractivity contribution in [3.05, 3.63) is 22.2 Å². The summed E-state index contributed by atoms with van der Waals surface area (Å²) in [4.78, 5) is 6.63. The molecule has 1 aliphatic heterocycles. The van der Waals surface area contributed by atoms with Gasteiger partial charge in [-0.1, -0.05) is 15.9 Å². The van der Waals surface area contributed by atoms with Crippen LogP contribution in [-0.4, -0.2) is 37.7 Å². The molecule has 2 N–H and O–H groups in total. The molecule has 0 spiro atoms. The number of nitrogens with zero attached hydrogens (tertiary/aromatic N) is 2. The summed E-state index contributed by atoms with van der Waals surface area (Å²) in [7, 11) is 3.28. The van der Waals surface area contributed by atoms with Crippen LogP contribution in [0.3, 0.4) is 0 Å². The number of nitrogens with two attached hydrogens (primary N) is 1. The van der Waals surface area contributed by atoms with Gasteiger partial charge >= 0.3 is 0 Å². The van der Waals surface area contributed by atoms with E-state index in [1.165, 1.54) is 12.8 Å². The van der Waals surface area contributed by atoms with Gasteiger partial charge in [-0.25, -0.2) is 0 Å². The Balaban J connectivity index is 1.97. The monoisotopic (exact) mass is 339 g/mol. The molecule has 0 aromatic heterocycles. The van der Waals surface area contributed by atoms with Crippen LogP contribution in [0.2, 0.25) is 0 Å². The number of aliphatic imine (C=N–C) groups is 1. The van der Waals surface area contributed by atoms with Crippen LogP contribution in [0.1, 0.15) is 24.4 Å². The van der Waals surface area contributed by atoms with Crippen molar-refractivity contribution >= 4 is 21.9 Å². The lowest BCUT2D eigenvalue weighted by molar-refractivity contribution is 0.330. The number of ether oxygens (including phenoxy) is 2. The molecule has 1 aliphatic carbocycles. The van der Waals surface area contributed by atoms with E-state index in [4.69, 9.17) is 15.2 Å². The second-order valence-corrected chi connectivity index (χ2v) is 5.94. The predicted octanol–water partition coefficient (Wildman–Crippen LogP) is 2.30. The summed E-state index contributed by atoms with van der Waals surface area (Å²) in [6, 6.07) is 4.66. The third-order valence-electron chi connectivity index (χ3n) is 3.83. The summed E-state index contributed by atoms with van der Waals surface area (Å²) in [6.07, 6.45) is 2.38. The fourth-order valence-corrected chi connectivity index (χ4v) is 3.26. The highest BCUT2D eigenvalue weighted by Gasteiger charge is 2.39. The first-order valence-corrected chi connectivity index (χ1v) is 7.44. The second kappa shape index (κ2) is 5.16. The molecule has 0 bridgehead atoms. The van der Waals surface area contributed by atoms with Crippen molar-refractivity contribution in [3.63, 3.8) is 0 Å². The number of halogens is 1. The van der Waals surface area contributed by atoms with Gasteiger partial charge in [0.15, 0.2) is 17.5 Å². The molecular formula is C14H18BrN3O2. The molecule has 1 atom stereocenters. The van der Waals surface area contributed by atoms with Gasteiger partial charge in [-0.15, -0.1) is 0 Å². The average molecular weight is 340 g/mol. The van der Waals surface area contributed by atoms with E-state index in [0.29, 0.717) is 24.3 Å². The highest BCUT2D eigenvalue weighted by Crippen LogP contribution is 2.42. The molecule has 3 rings (SSSR count). The van der Waals surface area contributed by atoms with Gasteiger partial charge in [-0.2, -0.15) is 0 Å². The fraction of sp³-hybridized carbons (Fsp3) is 0.500. The predicted molar refractivity (Wildman–Crippen MR) is 81.3 cm³/mol. The van der Waals surface area contributed by atoms with E-state index >= 15 is 0 Å². The maximum absolute atomic E-state index is 6.03. The lowest BCUT2D eigenvalue weighted by Crippen LogP contribution is -2.37. The average Bonchev–Trinajstić information content (AvgIpc) is 3.21. The quantitative estimate of drug-likeness (QED) is 0.914. The molecule has 1 aromatic carbocycles. The van der Waals surface area contributed by atoms with Crippen LogP contribution in [0.5, 0.6) is 11.5 Å². The minimum atomic E-state index is 0.177. The normalized spacial score (nSPS) is 21.9. The largest absolute Gasteiger partial charge is 0.493 e. The Morgan fingerprint density at radius 2 is 1.90 bits per heavy atom. The standard InChI is InChI=1S/C14H18BrN3O2/c1-19-12-5-9(10(15)6-13(12)20-2)11-7-17-14(16)18(11)8-3-4-8/h5-6,8,11H,3-4,7H2,1-2H3,(H2,16,17). The van der Waals surface area contributed by atoms with Gasteiger partial charge in [-0.3, -0.25) is 4.99 Å². The third kappa shape index (κ3) is 2.22. The molecule has 0 saturated heterocycles. The van der Waals surface area contributed by atoms with Gasteiger partial charge in [-0.05, 0) is 30.5 Å². The van der Waals surface area contributed by atoms with E-state index in [1.807, 2.05) is 12.1 Å². The molecule has 108 valence electrons. The summed E-state index contributed by atoms with van der Waals surface area (Å²) < 4.78 is 11.7. The first kappa shape index (κ1) is 13.5. The third-order valence-corrected chi connectivity index (χ3v) is 4.52. The molecule has 1 saturated carbocycles.